The van der Waals surface area contributed by atoms with Gasteiger partial charge in [0.15, 0.2) is 5.69 Å². The van der Waals surface area contributed by atoms with Gasteiger partial charge in [0.25, 0.3) is 11.9 Å². The van der Waals surface area contributed by atoms with E-state index in [0.717, 1.165) is 0 Å². The zero-order valence-corrected chi connectivity index (χ0v) is 10.8. The van der Waals surface area contributed by atoms with Gasteiger partial charge in [0.1, 0.15) is 0 Å². The lowest BCUT2D eigenvalue weighted by atomic mass is 10.2. The molecule has 0 aliphatic carbocycles. The van der Waals surface area contributed by atoms with Crippen LogP contribution in [0.5, 0.6) is 11.8 Å². The molecule has 0 aromatic carbocycles. The molecule has 8 heteroatoms. The Hall–Kier alpha value is -2.09. The molecule has 0 fully saturated rings. The number of carbonyl (C=O) groups is 1. The number of hydrogen-bond acceptors (Lipinski definition) is 6. The summed E-state index contributed by atoms with van der Waals surface area (Å²) < 4.78 is 11.3. The Morgan fingerprint density at radius 1 is 1.32 bits per heavy atom. The van der Waals surface area contributed by atoms with Gasteiger partial charge in [0.2, 0.25) is 5.75 Å². The Bertz CT molecular complexity index is 554. The largest absolute Gasteiger partial charge is 0.501 e. The molecule has 2 heterocycles. The molecular formula is C11H15N3O5. The fourth-order valence-electron chi connectivity index (χ4n) is 1.99. The van der Waals surface area contributed by atoms with E-state index in [4.69, 9.17) is 9.47 Å². The summed E-state index contributed by atoms with van der Waals surface area (Å²) in [7, 11) is 2.89. The molecule has 0 bridgehead atoms. The second-order valence-corrected chi connectivity index (χ2v) is 4.04. The van der Waals surface area contributed by atoms with Crippen molar-refractivity contribution in [2.45, 2.75) is 6.54 Å². The van der Waals surface area contributed by atoms with E-state index < -0.39 is 17.2 Å². The van der Waals surface area contributed by atoms with Gasteiger partial charge in [-0.25, -0.2) is 0 Å². The van der Waals surface area contributed by atoms with Gasteiger partial charge in [-0.05, 0) is 0 Å². The number of ether oxygens (including phenoxy) is 2. The minimum atomic E-state index is -0.870. The first-order valence-corrected chi connectivity index (χ1v) is 5.76. The van der Waals surface area contributed by atoms with Crippen molar-refractivity contribution in [1.29, 1.82) is 0 Å². The molecule has 0 saturated heterocycles. The number of nitrogens with zero attached hydrogens (tertiary/aromatic N) is 3. The standard InChI is InChI=1S/C11H15N3O5/c1-18-6-5-13-3-4-14-7(10(13)17)8(15)9(16)12-11(14)19-2/h15H,3-6H2,1-2H3. The van der Waals surface area contributed by atoms with E-state index >= 15 is 0 Å². The summed E-state index contributed by atoms with van der Waals surface area (Å²) in [5, 5.41) is 9.75. The van der Waals surface area contributed by atoms with Gasteiger partial charge in [0, 0.05) is 26.7 Å². The molecule has 0 spiro atoms. The van der Waals surface area contributed by atoms with E-state index in [-0.39, 0.29) is 11.7 Å². The quantitative estimate of drug-likeness (QED) is 0.758. The zero-order valence-electron chi connectivity index (χ0n) is 10.8. The molecule has 0 atom stereocenters. The highest BCUT2D eigenvalue weighted by atomic mass is 16.5. The highest BCUT2D eigenvalue weighted by Crippen LogP contribution is 2.22. The number of hydrogen-bond donors (Lipinski definition) is 1. The highest BCUT2D eigenvalue weighted by Gasteiger charge is 2.30. The van der Waals surface area contributed by atoms with Crippen molar-refractivity contribution in [3.8, 4) is 11.8 Å². The van der Waals surface area contributed by atoms with Crippen molar-refractivity contribution in [1.82, 2.24) is 14.5 Å². The first kappa shape index (κ1) is 13.3. The van der Waals surface area contributed by atoms with E-state index in [1.807, 2.05) is 0 Å². The van der Waals surface area contributed by atoms with Gasteiger partial charge >= 0.3 is 5.56 Å². The maximum Gasteiger partial charge on any atom is 0.318 e. The van der Waals surface area contributed by atoms with Crippen LogP contribution in [0, 0.1) is 0 Å². The van der Waals surface area contributed by atoms with E-state index in [1.165, 1.54) is 23.7 Å². The molecular weight excluding hydrogens is 254 g/mol. The zero-order chi connectivity index (χ0) is 14.0. The summed E-state index contributed by atoms with van der Waals surface area (Å²) in [4.78, 5) is 28.8. The van der Waals surface area contributed by atoms with E-state index in [0.29, 0.717) is 26.2 Å². The third kappa shape index (κ3) is 2.26. The molecule has 0 saturated carbocycles. The first-order valence-electron chi connectivity index (χ1n) is 5.76. The molecule has 19 heavy (non-hydrogen) atoms. The molecule has 1 aliphatic heterocycles. The molecule has 1 aromatic heterocycles. The molecule has 2 rings (SSSR count). The predicted octanol–water partition coefficient (Wildman–Crippen LogP) is -0.940. The molecule has 0 radical (unpaired) electrons. The molecule has 1 N–H and O–H groups in total. The summed E-state index contributed by atoms with van der Waals surface area (Å²) in [6, 6.07) is 0.0255. The first-order chi connectivity index (χ1) is 9.10. The van der Waals surface area contributed by atoms with Gasteiger partial charge in [0.05, 0.1) is 13.7 Å². The Kier molecular flexibility index (Phi) is 3.70. The number of methoxy groups -OCH3 is 2. The monoisotopic (exact) mass is 269 g/mol. The average Bonchev–Trinajstić information content (AvgIpc) is 2.41. The fraction of sp³-hybridized carbons (Fsp3) is 0.545. The molecule has 1 aromatic rings. The summed E-state index contributed by atoms with van der Waals surface area (Å²) in [5.74, 6) is -1.08. The molecule has 1 aliphatic rings. The number of aromatic hydroxyl groups is 1. The van der Waals surface area contributed by atoms with Gasteiger partial charge < -0.3 is 19.5 Å². The van der Waals surface area contributed by atoms with Crippen molar-refractivity contribution in [3.05, 3.63) is 16.0 Å². The van der Waals surface area contributed by atoms with Crippen LogP contribution in [0.25, 0.3) is 0 Å². The molecule has 0 unspecified atom stereocenters. The maximum atomic E-state index is 12.2. The normalized spacial score (nSPS) is 14.4. The van der Waals surface area contributed by atoms with E-state index in [2.05, 4.69) is 4.98 Å². The van der Waals surface area contributed by atoms with Crippen LogP contribution >= 0.6 is 0 Å². The Morgan fingerprint density at radius 2 is 2.05 bits per heavy atom. The number of rotatable bonds is 4. The lowest BCUT2D eigenvalue weighted by Gasteiger charge is -2.30. The third-order valence-corrected chi connectivity index (χ3v) is 2.96. The van der Waals surface area contributed by atoms with Crippen LogP contribution in [0.4, 0.5) is 0 Å². The second-order valence-electron chi connectivity index (χ2n) is 4.04. The van der Waals surface area contributed by atoms with Gasteiger partial charge in [-0.1, -0.05) is 0 Å². The van der Waals surface area contributed by atoms with Crippen LogP contribution in [0.15, 0.2) is 4.79 Å². The van der Waals surface area contributed by atoms with Crippen LogP contribution in [0.1, 0.15) is 10.5 Å². The topological polar surface area (TPSA) is 93.9 Å². The van der Waals surface area contributed by atoms with Crippen LogP contribution in [-0.2, 0) is 11.3 Å². The number of fused-ring (bicyclic) bond motifs is 1. The SMILES string of the molecule is COCCN1CCn2c(OC)nc(=O)c(O)c2C1=O. The van der Waals surface area contributed by atoms with Crippen molar-refractivity contribution >= 4 is 5.91 Å². The van der Waals surface area contributed by atoms with Gasteiger partial charge in [-0.3, -0.25) is 14.2 Å². The smallest absolute Gasteiger partial charge is 0.318 e. The lowest BCUT2D eigenvalue weighted by Crippen LogP contribution is -2.43. The Labute approximate surface area is 109 Å². The molecule has 104 valence electrons. The minimum Gasteiger partial charge on any atom is -0.501 e. The summed E-state index contributed by atoms with van der Waals surface area (Å²) in [5.41, 5.74) is -0.954. The minimum absolute atomic E-state index is 0.0255. The lowest BCUT2D eigenvalue weighted by molar-refractivity contribution is 0.0625. The van der Waals surface area contributed by atoms with Crippen LogP contribution in [-0.4, -0.2) is 59.4 Å². The van der Waals surface area contributed by atoms with Crippen molar-refractivity contribution in [3.63, 3.8) is 0 Å². The van der Waals surface area contributed by atoms with Crippen molar-refractivity contribution < 1.29 is 19.4 Å². The maximum absolute atomic E-state index is 12.2. The number of amides is 1. The summed E-state index contributed by atoms with van der Waals surface area (Å²) in [6.07, 6.45) is 0. The summed E-state index contributed by atoms with van der Waals surface area (Å²) >= 11 is 0. The molecule has 1 amide bonds. The molecule has 8 nitrogen and oxygen atoms in total. The van der Waals surface area contributed by atoms with Gasteiger partial charge in [-0.2, -0.15) is 4.98 Å². The Balaban J connectivity index is 2.45. The fourth-order valence-corrected chi connectivity index (χ4v) is 1.99. The second kappa shape index (κ2) is 5.27. The van der Waals surface area contributed by atoms with Crippen molar-refractivity contribution in [2.75, 3.05) is 33.9 Å². The highest BCUT2D eigenvalue weighted by molar-refractivity contribution is 5.95. The van der Waals surface area contributed by atoms with Crippen LogP contribution in [0.2, 0.25) is 0 Å². The summed E-state index contributed by atoms with van der Waals surface area (Å²) in [6.45, 7) is 1.62. The van der Waals surface area contributed by atoms with Gasteiger partial charge in [-0.15, -0.1) is 0 Å². The van der Waals surface area contributed by atoms with Crippen LogP contribution < -0.4 is 10.3 Å². The van der Waals surface area contributed by atoms with Crippen molar-refractivity contribution in [2.24, 2.45) is 0 Å². The van der Waals surface area contributed by atoms with E-state index in [1.54, 1.807) is 0 Å². The number of carbonyl (C=O) groups excluding carboxylic acids is 1. The predicted molar refractivity (Wildman–Crippen MR) is 64.5 cm³/mol. The third-order valence-electron chi connectivity index (χ3n) is 2.96. The number of aromatic nitrogens is 2. The van der Waals surface area contributed by atoms with Crippen LogP contribution in [0.3, 0.4) is 0 Å². The average molecular weight is 269 g/mol. The van der Waals surface area contributed by atoms with E-state index in [9.17, 15) is 14.7 Å². The Morgan fingerprint density at radius 3 is 2.68 bits per heavy atom.